The first-order valence-corrected chi connectivity index (χ1v) is 5.80. The van der Waals surface area contributed by atoms with Gasteiger partial charge >= 0.3 is 5.97 Å². The predicted octanol–water partition coefficient (Wildman–Crippen LogP) is 0.0948. The minimum absolute atomic E-state index is 0.0143. The number of hydrogen-bond donors (Lipinski definition) is 3. The Morgan fingerprint density at radius 3 is 2.50 bits per heavy atom. The lowest BCUT2D eigenvalue weighted by Crippen LogP contribution is -2.37. The fourth-order valence-corrected chi connectivity index (χ4v) is 2.27. The van der Waals surface area contributed by atoms with Crippen molar-refractivity contribution in [2.45, 2.75) is 38.1 Å². The Morgan fingerprint density at radius 1 is 1.38 bits per heavy atom. The Labute approximate surface area is 94.4 Å². The minimum Gasteiger partial charge on any atom is -0.481 e. The van der Waals surface area contributed by atoms with E-state index in [1.165, 1.54) is 0 Å². The van der Waals surface area contributed by atoms with Crippen LogP contribution in [0, 0.1) is 11.3 Å². The third-order valence-corrected chi connectivity index (χ3v) is 3.75. The second-order valence-corrected chi connectivity index (χ2v) is 5.07. The van der Waals surface area contributed by atoms with Crippen molar-refractivity contribution in [2.75, 3.05) is 6.54 Å². The maximum atomic E-state index is 11.7. The Morgan fingerprint density at radius 2 is 2.06 bits per heavy atom. The van der Waals surface area contributed by atoms with Crippen molar-refractivity contribution in [3.05, 3.63) is 0 Å². The van der Waals surface area contributed by atoms with Gasteiger partial charge < -0.3 is 16.2 Å². The maximum Gasteiger partial charge on any atom is 0.311 e. The van der Waals surface area contributed by atoms with Gasteiger partial charge in [-0.3, -0.25) is 9.59 Å². The zero-order valence-electron chi connectivity index (χ0n) is 9.24. The molecular weight excluding hydrogens is 208 g/mol. The average Bonchev–Trinajstić information content (AvgIpc) is 2.92. The van der Waals surface area contributed by atoms with Gasteiger partial charge in [0.2, 0.25) is 5.91 Å². The SMILES string of the molecule is NC1CCC(C(=O)NCC2(C(=O)O)CC2)C1. The zero-order valence-corrected chi connectivity index (χ0v) is 9.24. The molecule has 0 bridgehead atoms. The highest BCUT2D eigenvalue weighted by Crippen LogP contribution is 2.45. The molecule has 0 aromatic rings. The van der Waals surface area contributed by atoms with E-state index in [1.54, 1.807) is 0 Å². The normalized spacial score (nSPS) is 31.1. The molecule has 2 fully saturated rings. The summed E-state index contributed by atoms with van der Waals surface area (Å²) >= 11 is 0. The third-order valence-electron chi connectivity index (χ3n) is 3.75. The highest BCUT2D eigenvalue weighted by Gasteiger charge is 2.50. The first kappa shape index (κ1) is 11.4. The van der Waals surface area contributed by atoms with Gasteiger partial charge in [-0.25, -0.2) is 0 Å². The lowest BCUT2D eigenvalue weighted by atomic mass is 10.1. The number of carbonyl (C=O) groups is 2. The number of aliphatic carboxylic acids is 1. The van der Waals surface area contributed by atoms with E-state index < -0.39 is 11.4 Å². The molecule has 4 N–H and O–H groups in total. The summed E-state index contributed by atoms with van der Waals surface area (Å²) in [5.74, 6) is -0.837. The number of carboxylic acids is 1. The summed E-state index contributed by atoms with van der Waals surface area (Å²) in [6, 6.07) is 0.130. The molecule has 1 amide bonds. The van der Waals surface area contributed by atoms with Crippen molar-refractivity contribution in [3.8, 4) is 0 Å². The standard InChI is InChI=1S/C11H18N2O3/c12-8-2-1-7(5-8)9(14)13-6-11(3-4-11)10(15)16/h7-8H,1-6,12H2,(H,13,14)(H,15,16). The van der Waals surface area contributed by atoms with Crippen molar-refractivity contribution in [1.29, 1.82) is 0 Å². The zero-order chi connectivity index (χ0) is 11.8. The highest BCUT2D eigenvalue weighted by atomic mass is 16.4. The summed E-state index contributed by atoms with van der Waals surface area (Å²) in [4.78, 5) is 22.6. The first-order valence-electron chi connectivity index (χ1n) is 5.80. The van der Waals surface area contributed by atoms with Crippen LogP contribution in [0.15, 0.2) is 0 Å². The largest absolute Gasteiger partial charge is 0.481 e. The van der Waals surface area contributed by atoms with Crippen LogP contribution in [0.1, 0.15) is 32.1 Å². The van der Waals surface area contributed by atoms with Gasteiger partial charge in [0.1, 0.15) is 0 Å². The van der Waals surface area contributed by atoms with Gasteiger partial charge in [0.15, 0.2) is 0 Å². The molecule has 16 heavy (non-hydrogen) atoms. The Balaban J connectivity index is 1.78. The van der Waals surface area contributed by atoms with Crippen LogP contribution in [-0.4, -0.2) is 29.6 Å². The molecular formula is C11H18N2O3. The fourth-order valence-electron chi connectivity index (χ4n) is 2.27. The van der Waals surface area contributed by atoms with Gasteiger partial charge in [0.25, 0.3) is 0 Å². The monoisotopic (exact) mass is 226 g/mol. The van der Waals surface area contributed by atoms with E-state index in [0.29, 0.717) is 12.8 Å². The second kappa shape index (κ2) is 4.05. The topological polar surface area (TPSA) is 92.4 Å². The number of carbonyl (C=O) groups excluding carboxylic acids is 1. The van der Waals surface area contributed by atoms with E-state index in [9.17, 15) is 9.59 Å². The van der Waals surface area contributed by atoms with Crippen LogP contribution in [0.4, 0.5) is 0 Å². The summed E-state index contributed by atoms with van der Waals surface area (Å²) < 4.78 is 0. The number of nitrogens with two attached hydrogens (primary N) is 1. The van der Waals surface area contributed by atoms with E-state index >= 15 is 0 Å². The predicted molar refractivity (Wildman–Crippen MR) is 57.6 cm³/mol. The number of nitrogens with one attached hydrogen (secondary N) is 1. The molecule has 90 valence electrons. The molecule has 0 radical (unpaired) electrons. The van der Waals surface area contributed by atoms with Gasteiger partial charge in [-0.05, 0) is 32.1 Å². The van der Waals surface area contributed by atoms with Crippen LogP contribution >= 0.6 is 0 Å². The molecule has 2 saturated carbocycles. The molecule has 2 rings (SSSR count). The number of rotatable bonds is 4. The molecule has 0 spiro atoms. The van der Waals surface area contributed by atoms with Crippen molar-refractivity contribution < 1.29 is 14.7 Å². The molecule has 2 aliphatic rings. The van der Waals surface area contributed by atoms with Crippen LogP contribution in [0.25, 0.3) is 0 Å². The minimum atomic E-state index is -0.795. The lowest BCUT2D eigenvalue weighted by Gasteiger charge is -2.14. The van der Waals surface area contributed by atoms with E-state index in [4.69, 9.17) is 10.8 Å². The van der Waals surface area contributed by atoms with Crippen LogP contribution in [0.2, 0.25) is 0 Å². The summed E-state index contributed by atoms with van der Waals surface area (Å²) in [6.07, 6.45) is 3.79. The first-order chi connectivity index (χ1) is 7.53. The van der Waals surface area contributed by atoms with Crippen LogP contribution in [0.3, 0.4) is 0 Å². The van der Waals surface area contributed by atoms with E-state index in [2.05, 4.69) is 5.32 Å². The number of amides is 1. The number of carboxylic acid groups (broad SMARTS) is 1. The average molecular weight is 226 g/mol. The van der Waals surface area contributed by atoms with Crippen LogP contribution < -0.4 is 11.1 Å². The number of hydrogen-bond acceptors (Lipinski definition) is 3. The lowest BCUT2D eigenvalue weighted by molar-refractivity contribution is -0.143. The van der Waals surface area contributed by atoms with Crippen LogP contribution in [-0.2, 0) is 9.59 Å². The molecule has 2 atom stereocenters. The molecule has 2 unspecified atom stereocenters. The second-order valence-electron chi connectivity index (χ2n) is 5.07. The van der Waals surface area contributed by atoms with Crippen molar-refractivity contribution in [2.24, 2.45) is 17.1 Å². The quantitative estimate of drug-likeness (QED) is 0.633. The van der Waals surface area contributed by atoms with Crippen molar-refractivity contribution >= 4 is 11.9 Å². The highest BCUT2D eigenvalue weighted by molar-refractivity contribution is 5.82. The fraction of sp³-hybridized carbons (Fsp3) is 0.818. The summed E-state index contributed by atoms with van der Waals surface area (Å²) in [7, 11) is 0. The molecule has 5 heteroatoms. The summed E-state index contributed by atoms with van der Waals surface area (Å²) in [6.45, 7) is 0.271. The summed E-state index contributed by atoms with van der Waals surface area (Å²) in [5, 5.41) is 11.7. The molecule has 0 aromatic carbocycles. The molecule has 5 nitrogen and oxygen atoms in total. The van der Waals surface area contributed by atoms with Gasteiger partial charge in [-0.1, -0.05) is 0 Å². The van der Waals surface area contributed by atoms with Gasteiger partial charge in [0.05, 0.1) is 5.41 Å². The summed E-state index contributed by atoms with van der Waals surface area (Å²) in [5.41, 5.74) is 5.06. The Bertz CT molecular complexity index is 312. The van der Waals surface area contributed by atoms with Crippen LogP contribution in [0.5, 0.6) is 0 Å². The molecule has 2 aliphatic carbocycles. The molecule has 0 aromatic heterocycles. The Kier molecular flexibility index (Phi) is 2.88. The Hall–Kier alpha value is -1.10. The smallest absolute Gasteiger partial charge is 0.311 e. The molecule has 0 heterocycles. The third kappa shape index (κ3) is 2.19. The molecule has 0 saturated heterocycles. The van der Waals surface area contributed by atoms with Crippen molar-refractivity contribution in [1.82, 2.24) is 5.32 Å². The maximum absolute atomic E-state index is 11.7. The van der Waals surface area contributed by atoms with E-state index in [1.807, 2.05) is 0 Å². The van der Waals surface area contributed by atoms with Gasteiger partial charge in [0, 0.05) is 18.5 Å². The van der Waals surface area contributed by atoms with Gasteiger partial charge in [-0.15, -0.1) is 0 Å². The van der Waals surface area contributed by atoms with Gasteiger partial charge in [-0.2, -0.15) is 0 Å². The van der Waals surface area contributed by atoms with Crippen molar-refractivity contribution in [3.63, 3.8) is 0 Å². The van der Waals surface area contributed by atoms with E-state index in [0.717, 1.165) is 19.3 Å². The molecule has 0 aliphatic heterocycles. The van der Waals surface area contributed by atoms with E-state index in [-0.39, 0.29) is 24.4 Å².